The Kier molecular flexibility index (Phi) is 4.79. The molecule has 1 saturated heterocycles. The van der Waals surface area contributed by atoms with Crippen molar-refractivity contribution in [2.45, 2.75) is 17.2 Å². The molecule has 1 aliphatic heterocycles. The zero-order chi connectivity index (χ0) is 16.3. The van der Waals surface area contributed by atoms with E-state index in [0.29, 0.717) is 12.5 Å². The van der Waals surface area contributed by atoms with Crippen LogP contribution in [0.25, 0.3) is 0 Å². The van der Waals surface area contributed by atoms with E-state index in [1.54, 1.807) is 7.05 Å². The van der Waals surface area contributed by atoms with Crippen molar-refractivity contribution in [3.8, 4) is 0 Å². The minimum Gasteiger partial charge on any atom is -0.301 e. The highest BCUT2D eigenvalue weighted by Gasteiger charge is 2.24. The van der Waals surface area contributed by atoms with Crippen molar-refractivity contribution >= 4 is 10.0 Å². The molecule has 1 aromatic carbocycles. The van der Waals surface area contributed by atoms with Crippen LogP contribution in [0.1, 0.15) is 17.9 Å². The normalized spacial score (nSPS) is 19.3. The molecule has 0 saturated carbocycles. The molecule has 1 aliphatic rings. The average molecular weight is 334 g/mol. The third-order valence-corrected chi connectivity index (χ3v) is 5.67. The molecule has 0 spiro atoms. The third kappa shape index (κ3) is 3.99. The van der Waals surface area contributed by atoms with Crippen LogP contribution >= 0.6 is 0 Å². The first kappa shape index (κ1) is 16.2. The molecule has 2 aromatic rings. The van der Waals surface area contributed by atoms with Gasteiger partial charge in [0, 0.05) is 32.9 Å². The van der Waals surface area contributed by atoms with Gasteiger partial charge in [0.05, 0.1) is 6.20 Å². The number of sulfonamides is 1. The fourth-order valence-corrected chi connectivity index (χ4v) is 4.00. The highest BCUT2D eigenvalue weighted by Crippen LogP contribution is 2.26. The van der Waals surface area contributed by atoms with Gasteiger partial charge in [0.25, 0.3) is 0 Å². The number of likely N-dealkylation sites (tertiary alicyclic amines) is 1. The Labute approximate surface area is 137 Å². The summed E-state index contributed by atoms with van der Waals surface area (Å²) in [6.07, 6.45) is 3.99. The number of benzene rings is 1. The molecular weight excluding hydrogens is 312 g/mol. The van der Waals surface area contributed by atoms with Gasteiger partial charge in [-0.3, -0.25) is 4.68 Å². The molecule has 0 radical (unpaired) electrons. The van der Waals surface area contributed by atoms with Gasteiger partial charge in [-0.2, -0.15) is 5.10 Å². The Morgan fingerprint density at radius 3 is 2.78 bits per heavy atom. The first-order valence-electron chi connectivity index (χ1n) is 7.80. The molecule has 7 heteroatoms. The standard InChI is InChI=1S/C16H22N4O2S/c1-19-13-16(11-17-19)23(21,22)18-8-10-20-9-7-15(12-20)14-5-3-2-4-6-14/h2-6,11,13,15,18H,7-10,12H2,1H3. The summed E-state index contributed by atoms with van der Waals surface area (Å²) in [5.41, 5.74) is 1.37. The van der Waals surface area contributed by atoms with Crippen LogP contribution in [0.2, 0.25) is 0 Å². The van der Waals surface area contributed by atoms with Crippen molar-refractivity contribution in [1.82, 2.24) is 19.4 Å². The first-order valence-corrected chi connectivity index (χ1v) is 9.28. The van der Waals surface area contributed by atoms with Crippen LogP contribution < -0.4 is 4.72 Å². The SMILES string of the molecule is Cn1cc(S(=O)(=O)NCCN2CCC(c3ccccc3)C2)cn1. The summed E-state index contributed by atoms with van der Waals surface area (Å²) < 4.78 is 28.4. The molecule has 0 aliphatic carbocycles. The number of nitrogens with one attached hydrogen (secondary N) is 1. The maximum absolute atomic E-state index is 12.1. The van der Waals surface area contributed by atoms with E-state index in [9.17, 15) is 8.42 Å². The number of hydrogen-bond acceptors (Lipinski definition) is 4. The second-order valence-corrected chi connectivity index (χ2v) is 7.71. The molecule has 1 unspecified atom stereocenters. The monoisotopic (exact) mass is 334 g/mol. The summed E-state index contributed by atoms with van der Waals surface area (Å²) in [7, 11) is -1.76. The molecule has 6 nitrogen and oxygen atoms in total. The van der Waals surface area contributed by atoms with Gasteiger partial charge in [0.2, 0.25) is 10.0 Å². The van der Waals surface area contributed by atoms with E-state index in [-0.39, 0.29) is 4.90 Å². The molecule has 1 N–H and O–H groups in total. The molecule has 23 heavy (non-hydrogen) atoms. The largest absolute Gasteiger partial charge is 0.301 e. The van der Waals surface area contributed by atoms with E-state index in [4.69, 9.17) is 0 Å². The van der Waals surface area contributed by atoms with Crippen LogP contribution in [-0.4, -0.2) is 49.3 Å². The fraction of sp³-hybridized carbons (Fsp3) is 0.438. The lowest BCUT2D eigenvalue weighted by Gasteiger charge is -2.16. The van der Waals surface area contributed by atoms with Crippen LogP contribution in [0.15, 0.2) is 47.6 Å². The highest BCUT2D eigenvalue weighted by molar-refractivity contribution is 7.89. The second-order valence-electron chi connectivity index (χ2n) is 5.94. The van der Waals surface area contributed by atoms with Gasteiger partial charge in [-0.05, 0) is 24.4 Å². The third-order valence-electron chi connectivity index (χ3n) is 4.25. The minimum atomic E-state index is -3.46. The molecule has 0 bridgehead atoms. The zero-order valence-electron chi connectivity index (χ0n) is 13.2. The van der Waals surface area contributed by atoms with Crippen LogP contribution in [0, 0.1) is 0 Å². The van der Waals surface area contributed by atoms with Gasteiger partial charge in [-0.1, -0.05) is 30.3 Å². The molecule has 0 amide bonds. The van der Waals surface area contributed by atoms with Crippen molar-refractivity contribution in [2.75, 3.05) is 26.2 Å². The Morgan fingerprint density at radius 1 is 1.30 bits per heavy atom. The van der Waals surface area contributed by atoms with E-state index in [0.717, 1.165) is 26.1 Å². The van der Waals surface area contributed by atoms with Crippen molar-refractivity contribution < 1.29 is 8.42 Å². The maximum Gasteiger partial charge on any atom is 0.243 e. The molecule has 3 rings (SSSR count). The molecule has 1 atom stereocenters. The molecular formula is C16H22N4O2S. The lowest BCUT2D eigenvalue weighted by atomic mass is 9.99. The number of hydrogen-bond donors (Lipinski definition) is 1. The lowest BCUT2D eigenvalue weighted by Crippen LogP contribution is -2.33. The van der Waals surface area contributed by atoms with E-state index >= 15 is 0 Å². The van der Waals surface area contributed by atoms with Gasteiger partial charge in [0.1, 0.15) is 4.90 Å². The maximum atomic E-state index is 12.1. The quantitative estimate of drug-likeness (QED) is 0.862. The number of rotatable bonds is 6. The first-order chi connectivity index (χ1) is 11.0. The van der Waals surface area contributed by atoms with Gasteiger partial charge in [0.15, 0.2) is 0 Å². The van der Waals surface area contributed by atoms with Crippen LogP contribution in [0.4, 0.5) is 0 Å². The predicted molar refractivity (Wildman–Crippen MR) is 88.6 cm³/mol. The van der Waals surface area contributed by atoms with Crippen LogP contribution in [0.3, 0.4) is 0 Å². The minimum absolute atomic E-state index is 0.212. The molecule has 1 fully saturated rings. The number of nitrogens with zero attached hydrogens (tertiary/aromatic N) is 3. The topological polar surface area (TPSA) is 67.2 Å². The summed E-state index contributed by atoms with van der Waals surface area (Å²) in [5, 5.41) is 3.90. The highest BCUT2D eigenvalue weighted by atomic mass is 32.2. The Balaban J connectivity index is 1.48. The summed E-state index contributed by atoms with van der Waals surface area (Å²) in [5.74, 6) is 0.547. The van der Waals surface area contributed by atoms with Gasteiger partial charge >= 0.3 is 0 Å². The molecule has 124 valence electrons. The number of aromatic nitrogens is 2. The summed E-state index contributed by atoms with van der Waals surface area (Å²) >= 11 is 0. The van der Waals surface area contributed by atoms with Gasteiger partial charge in [-0.15, -0.1) is 0 Å². The summed E-state index contributed by atoms with van der Waals surface area (Å²) in [6, 6.07) is 10.5. The van der Waals surface area contributed by atoms with Gasteiger partial charge < -0.3 is 4.90 Å². The Morgan fingerprint density at radius 2 is 2.09 bits per heavy atom. The predicted octanol–water partition coefficient (Wildman–Crippen LogP) is 1.19. The number of aryl methyl sites for hydroxylation is 1. The van der Waals surface area contributed by atoms with Crippen LogP contribution in [0.5, 0.6) is 0 Å². The zero-order valence-corrected chi connectivity index (χ0v) is 14.0. The van der Waals surface area contributed by atoms with Gasteiger partial charge in [-0.25, -0.2) is 13.1 Å². The van der Waals surface area contributed by atoms with Crippen molar-refractivity contribution in [1.29, 1.82) is 0 Å². The summed E-state index contributed by atoms with van der Waals surface area (Å²) in [4.78, 5) is 2.52. The Bertz CT molecular complexity index is 742. The lowest BCUT2D eigenvalue weighted by molar-refractivity contribution is 0.339. The Hall–Kier alpha value is -1.70. The van der Waals surface area contributed by atoms with Crippen molar-refractivity contribution in [3.63, 3.8) is 0 Å². The summed E-state index contributed by atoms with van der Waals surface area (Å²) in [6.45, 7) is 3.13. The van der Waals surface area contributed by atoms with Crippen molar-refractivity contribution in [2.24, 2.45) is 7.05 Å². The van der Waals surface area contributed by atoms with E-state index < -0.39 is 10.0 Å². The van der Waals surface area contributed by atoms with E-state index in [1.807, 2.05) is 6.07 Å². The second kappa shape index (κ2) is 6.82. The fourth-order valence-electron chi connectivity index (χ4n) is 2.99. The van der Waals surface area contributed by atoms with E-state index in [1.165, 1.54) is 22.6 Å². The smallest absolute Gasteiger partial charge is 0.243 e. The van der Waals surface area contributed by atoms with E-state index in [2.05, 4.69) is 39.0 Å². The molecule has 2 heterocycles. The average Bonchev–Trinajstić information content (AvgIpc) is 3.17. The van der Waals surface area contributed by atoms with Crippen molar-refractivity contribution in [3.05, 3.63) is 48.3 Å². The van der Waals surface area contributed by atoms with Crippen LogP contribution in [-0.2, 0) is 17.1 Å². The molecule has 1 aromatic heterocycles.